The minimum Gasteiger partial charge on any atom is -0.481 e. The number of rotatable bonds is 5. The Morgan fingerprint density at radius 1 is 1.38 bits per heavy atom. The maximum Gasteiger partial charge on any atom is 0.308 e. The van der Waals surface area contributed by atoms with Gasteiger partial charge < -0.3 is 14.4 Å². The van der Waals surface area contributed by atoms with Crippen LogP contribution in [0.3, 0.4) is 0 Å². The fraction of sp³-hybridized carbons (Fsp3) is 0.353. The van der Waals surface area contributed by atoms with Crippen molar-refractivity contribution in [3.05, 3.63) is 41.4 Å². The van der Waals surface area contributed by atoms with Gasteiger partial charge in [0.1, 0.15) is 0 Å². The van der Waals surface area contributed by atoms with Crippen LogP contribution in [0.25, 0.3) is 11.3 Å². The standard InChI is InChI=1S/C17H17ClN2O4/c18-13-4-2-1-3-12(13)14-9-19-15(24-14)5-6-16(21)20-8-7-11(10-20)17(22)23/h1-4,9,11H,5-8,10H2,(H,22,23). The predicted molar refractivity (Wildman–Crippen MR) is 87.6 cm³/mol. The van der Waals surface area contributed by atoms with Gasteiger partial charge in [0.25, 0.3) is 0 Å². The Morgan fingerprint density at radius 2 is 2.17 bits per heavy atom. The molecular weight excluding hydrogens is 332 g/mol. The number of aliphatic carboxylic acids is 1. The van der Waals surface area contributed by atoms with Crippen molar-refractivity contribution in [2.75, 3.05) is 13.1 Å². The van der Waals surface area contributed by atoms with Gasteiger partial charge in [0.15, 0.2) is 11.7 Å². The highest BCUT2D eigenvalue weighted by Crippen LogP contribution is 2.28. The second-order valence-corrected chi connectivity index (χ2v) is 6.17. The number of hydrogen-bond donors (Lipinski definition) is 1. The van der Waals surface area contributed by atoms with Gasteiger partial charge in [0, 0.05) is 31.5 Å². The summed E-state index contributed by atoms with van der Waals surface area (Å²) >= 11 is 6.12. The van der Waals surface area contributed by atoms with Crippen molar-refractivity contribution in [3.63, 3.8) is 0 Å². The van der Waals surface area contributed by atoms with Crippen LogP contribution in [0, 0.1) is 5.92 Å². The molecule has 0 aliphatic carbocycles. The number of aromatic nitrogens is 1. The Balaban J connectivity index is 1.57. The third-order valence-corrected chi connectivity index (χ3v) is 4.47. The monoisotopic (exact) mass is 348 g/mol. The first kappa shape index (κ1) is 16.5. The molecular formula is C17H17ClN2O4. The van der Waals surface area contributed by atoms with E-state index < -0.39 is 11.9 Å². The van der Waals surface area contributed by atoms with E-state index in [4.69, 9.17) is 21.1 Å². The van der Waals surface area contributed by atoms with Crippen LogP contribution >= 0.6 is 11.6 Å². The fourth-order valence-corrected chi connectivity index (χ4v) is 3.00. The van der Waals surface area contributed by atoms with Crippen LogP contribution in [0.5, 0.6) is 0 Å². The highest BCUT2D eigenvalue weighted by molar-refractivity contribution is 6.33. The largest absolute Gasteiger partial charge is 0.481 e. The molecule has 7 heteroatoms. The lowest BCUT2D eigenvalue weighted by Crippen LogP contribution is -2.30. The molecule has 126 valence electrons. The maximum absolute atomic E-state index is 12.2. The lowest BCUT2D eigenvalue weighted by molar-refractivity contribution is -0.141. The number of nitrogens with zero attached hydrogens (tertiary/aromatic N) is 2. The van der Waals surface area contributed by atoms with Gasteiger partial charge in [-0.15, -0.1) is 0 Å². The number of likely N-dealkylation sites (tertiary alicyclic amines) is 1. The molecule has 1 aliphatic rings. The highest BCUT2D eigenvalue weighted by Gasteiger charge is 2.30. The van der Waals surface area contributed by atoms with Crippen molar-refractivity contribution in [2.45, 2.75) is 19.3 Å². The van der Waals surface area contributed by atoms with E-state index in [-0.39, 0.29) is 18.9 Å². The Bertz CT molecular complexity index is 759. The summed E-state index contributed by atoms with van der Waals surface area (Å²) in [5, 5.41) is 9.56. The summed E-state index contributed by atoms with van der Waals surface area (Å²) in [5.74, 6) is -0.344. The zero-order valence-electron chi connectivity index (χ0n) is 12.9. The molecule has 6 nitrogen and oxygen atoms in total. The normalized spacial score (nSPS) is 17.2. The highest BCUT2D eigenvalue weighted by atomic mass is 35.5. The number of carbonyl (C=O) groups excluding carboxylic acids is 1. The van der Waals surface area contributed by atoms with Gasteiger partial charge in [-0.2, -0.15) is 0 Å². The molecule has 1 unspecified atom stereocenters. The molecule has 1 saturated heterocycles. The molecule has 1 fully saturated rings. The van der Waals surface area contributed by atoms with Crippen molar-refractivity contribution < 1.29 is 19.1 Å². The zero-order chi connectivity index (χ0) is 17.1. The molecule has 0 radical (unpaired) electrons. The lowest BCUT2D eigenvalue weighted by atomic mass is 10.1. The summed E-state index contributed by atoms with van der Waals surface area (Å²) in [4.78, 5) is 28.9. The van der Waals surface area contributed by atoms with Gasteiger partial charge in [-0.25, -0.2) is 4.98 Å². The van der Waals surface area contributed by atoms with Crippen LogP contribution in [0.1, 0.15) is 18.7 Å². The maximum atomic E-state index is 12.2. The second-order valence-electron chi connectivity index (χ2n) is 5.76. The summed E-state index contributed by atoms with van der Waals surface area (Å²) in [6, 6.07) is 7.31. The first-order valence-corrected chi connectivity index (χ1v) is 8.12. The molecule has 2 heterocycles. The fourth-order valence-electron chi connectivity index (χ4n) is 2.77. The summed E-state index contributed by atoms with van der Waals surface area (Å²) in [5.41, 5.74) is 0.757. The van der Waals surface area contributed by atoms with E-state index in [9.17, 15) is 9.59 Å². The molecule has 0 bridgehead atoms. The second kappa shape index (κ2) is 7.05. The Labute approximate surface area is 144 Å². The number of benzene rings is 1. The number of carboxylic acids is 1. The lowest BCUT2D eigenvalue weighted by Gasteiger charge is -2.14. The topological polar surface area (TPSA) is 83.6 Å². The van der Waals surface area contributed by atoms with Crippen molar-refractivity contribution in [3.8, 4) is 11.3 Å². The van der Waals surface area contributed by atoms with Crippen LogP contribution in [0.4, 0.5) is 0 Å². The predicted octanol–water partition coefficient (Wildman–Crippen LogP) is 2.86. The molecule has 2 aromatic rings. The molecule has 0 saturated carbocycles. The Hall–Kier alpha value is -2.34. The molecule has 3 rings (SSSR count). The van der Waals surface area contributed by atoms with E-state index in [2.05, 4.69) is 4.98 Å². The summed E-state index contributed by atoms with van der Waals surface area (Å²) in [6.45, 7) is 0.775. The SMILES string of the molecule is O=C(O)C1CCN(C(=O)CCc2ncc(-c3ccccc3Cl)o2)C1. The third kappa shape index (κ3) is 3.59. The van der Waals surface area contributed by atoms with Gasteiger partial charge in [-0.05, 0) is 18.6 Å². The number of aryl methyl sites for hydroxylation is 1. The van der Waals surface area contributed by atoms with Gasteiger partial charge in [-0.1, -0.05) is 23.7 Å². The first-order chi connectivity index (χ1) is 11.5. The Morgan fingerprint density at radius 3 is 2.88 bits per heavy atom. The van der Waals surface area contributed by atoms with Crippen molar-refractivity contribution in [2.24, 2.45) is 5.92 Å². The van der Waals surface area contributed by atoms with E-state index in [0.29, 0.717) is 36.1 Å². The quantitative estimate of drug-likeness (QED) is 0.898. The molecule has 24 heavy (non-hydrogen) atoms. The minimum atomic E-state index is -0.845. The number of carboxylic acid groups (broad SMARTS) is 1. The van der Waals surface area contributed by atoms with Crippen molar-refractivity contribution >= 4 is 23.5 Å². The smallest absolute Gasteiger partial charge is 0.308 e. The molecule has 1 aliphatic heterocycles. The first-order valence-electron chi connectivity index (χ1n) is 7.75. The minimum absolute atomic E-state index is 0.0729. The van der Waals surface area contributed by atoms with Gasteiger partial charge in [0.2, 0.25) is 5.91 Å². The van der Waals surface area contributed by atoms with E-state index >= 15 is 0 Å². The summed E-state index contributed by atoms with van der Waals surface area (Å²) in [7, 11) is 0. The molecule has 1 amide bonds. The van der Waals surface area contributed by atoms with E-state index in [0.717, 1.165) is 5.56 Å². The van der Waals surface area contributed by atoms with Crippen molar-refractivity contribution in [1.82, 2.24) is 9.88 Å². The summed E-state index contributed by atoms with van der Waals surface area (Å²) < 4.78 is 5.66. The van der Waals surface area contributed by atoms with Crippen LogP contribution in [-0.2, 0) is 16.0 Å². The average molecular weight is 349 g/mol. The van der Waals surface area contributed by atoms with Gasteiger partial charge >= 0.3 is 5.97 Å². The van der Waals surface area contributed by atoms with E-state index in [1.165, 1.54) is 0 Å². The molecule has 1 atom stereocenters. The third-order valence-electron chi connectivity index (χ3n) is 4.14. The molecule has 0 spiro atoms. The number of hydrogen-bond acceptors (Lipinski definition) is 4. The number of oxazole rings is 1. The van der Waals surface area contributed by atoms with E-state index in [1.807, 2.05) is 18.2 Å². The Kier molecular flexibility index (Phi) is 4.85. The van der Waals surface area contributed by atoms with Gasteiger partial charge in [-0.3, -0.25) is 9.59 Å². The molecule has 1 N–H and O–H groups in total. The van der Waals surface area contributed by atoms with Crippen LogP contribution in [0.15, 0.2) is 34.9 Å². The number of halogens is 1. The zero-order valence-corrected chi connectivity index (χ0v) is 13.7. The average Bonchev–Trinajstić information content (AvgIpc) is 3.22. The van der Waals surface area contributed by atoms with Crippen LogP contribution in [-0.4, -0.2) is 40.0 Å². The van der Waals surface area contributed by atoms with Crippen LogP contribution in [0.2, 0.25) is 5.02 Å². The summed E-state index contributed by atoms with van der Waals surface area (Å²) in [6.07, 6.45) is 2.72. The molecule has 1 aromatic heterocycles. The van der Waals surface area contributed by atoms with Crippen LogP contribution < -0.4 is 0 Å². The van der Waals surface area contributed by atoms with E-state index in [1.54, 1.807) is 17.2 Å². The van der Waals surface area contributed by atoms with Gasteiger partial charge in [0.05, 0.1) is 17.1 Å². The van der Waals surface area contributed by atoms with Crippen molar-refractivity contribution in [1.29, 1.82) is 0 Å². The number of carbonyl (C=O) groups is 2. The number of amides is 1. The molecule has 1 aromatic carbocycles.